The second-order valence-corrected chi connectivity index (χ2v) is 7.32. The fourth-order valence-electron chi connectivity index (χ4n) is 2.67. The van der Waals surface area contributed by atoms with Crippen molar-refractivity contribution in [1.82, 2.24) is 4.90 Å². The van der Waals surface area contributed by atoms with Gasteiger partial charge in [0.2, 0.25) is 0 Å². The zero-order chi connectivity index (χ0) is 19.6. The minimum atomic E-state index is -3.06. The molecule has 9 nitrogen and oxygen atoms in total. The number of hydrogen-bond donors (Lipinski definition) is 2. The molecule has 0 saturated heterocycles. The van der Waals surface area contributed by atoms with Crippen LogP contribution in [0.15, 0.2) is 35.7 Å². The molecule has 0 unspecified atom stereocenters. The quantitative estimate of drug-likeness (QED) is 0.375. The molecule has 0 spiro atoms. The number of amides is 2. The minimum absolute atomic E-state index is 0.0708. The van der Waals surface area contributed by atoms with E-state index in [2.05, 4.69) is 0 Å². The summed E-state index contributed by atoms with van der Waals surface area (Å²) in [6, 6.07) is 8.13. The van der Waals surface area contributed by atoms with Crippen LogP contribution in [0, 0.1) is 0 Å². The van der Waals surface area contributed by atoms with Gasteiger partial charge in [-0.3, -0.25) is 23.5 Å². The molecule has 27 heavy (non-hydrogen) atoms. The zero-order valence-electron chi connectivity index (χ0n) is 13.7. The molecule has 1 N–H and O–H groups in total. The van der Waals surface area contributed by atoms with E-state index in [0.29, 0.717) is 17.1 Å². The standard InChI is InChI=1S/C16H14N2O7S2/c19-14(20)8-18-15(21)12-4-3-10(6-13(12)16(18)22)17(9-25-27(23)24)7-11-2-1-5-26-11/h1-6,27H,7-9H2,(H,19,20). The van der Waals surface area contributed by atoms with Gasteiger partial charge >= 0.3 is 5.97 Å². The molecule has 0 bridgehead atoms. The molecular formula is C16H14N2O7S2. The third-order valence-corrected chi connectivity index (χ3v) is 5.05. The zero-order valence-corrected chi connectivity index (χ0v) is 15.4. The molecule has 0 atom stereocenters. The molecule has 1 aromatic heterocycles. The third-order valence-electron chi connectivity index (χ3n) is 3.86. The second kappa shape index (κ2) is 7.86. The highest BCUT2D eigenvalue weighted by atomic mass is 32.2. The molecule has 0 saturated carbocycles. The van der Waals surface area contributed by atoms with E-state index in [4.69, 9.17) is 9.29 Å². The van der Waals surface area contributed by atoms with E-state index in [0.717, 1.165) is 4.88 Å². The van der Waals surface area contributed by atoms with Gasteiger partial charge in [-0.05, 0) is 29.6 Å². The van der Waals surface area contributed by atoms with Gasteiger partial charge in [-0.1, -0.05) is 6.07 Å². The third kappa shape index (κ3) is 4.15. The molecule has 3 rings (SSSR count). The lowest BCUT2D eigenvalue weighted by Gasteiger charge is -2.23. The molecule has 1 aliphatic heterocycles. The number of thiol groups is 1. The number of carboxylic acid groups (broad SMARTS) is 1. The van der Waals surface area contributed by atoms with E-state index in [1.165, 1.54) is 23.5 Å². The summed E-state index contributed by atoms with van der Waals surface area (Å²) in [6.07, 6.45) is 0. The smallest absolute Gasteiger partial charge is 0.323 e. The van der Waals surface area contributed by atoms with Crippen LogP contribution in [-0.4, -0.2) is 49.5 Å². The van der Waals surface area contributed by atoms with Crippen molar-refractivity contribution < 1.29 is 32.1 Å². The average Bonchev–Trinajstić information content (AvgIpc) is 3.21. The number of anilines is 1. The first-order valence-corrected chi connectivity index (χ1v) is 9.61. The fourth-order valence-corrected chi connectivity index (χ4v) is 3.63. The van der Waals surface area contributed by atoms with E-state index in [9.17, 15) is 22.8 Å². The Morgan fingerprint density at radius 2 is 1.93 bits per heavy atom. The molecule has 1 aromatic carbocycles. The Morgan fingerprint density at radius 3 is 2.56 bits per heavy atom. The maximum Gasteiger partial charge on any atom is 0.323 e. The van der Waals surface area contributed by atoms with Gasteiger partial charge < -0.3 is 10.0 Å². The summed E-state index contributed by atoms with van der Waals surface area (Å²) in [7, 11) is -3.06. The van der Waals surface area contributed by atoms with Gasteiger partial charge in [0.1, 0.15) is 13.3 Å². The Labute approximate surface area is 159 Å². The molecular weight excluding hydrogens is 396 g/mol. The second-order valence-electron chi connectivity index (χ2n) is 5.58. The average molecular weight is 410 g/mol. The Bertz CT molecular complexity index is 961. The van der Waals surface area contributed by atoms with Crippen LogP contribution >= 0.6 is 11.3 Å². The minimum Gasteiger partial charge on any atom is -0.480 e. The van der Waals surface area contributed by atoms with E-state index in [1.54, 1.807) is 11.0 Å². The number of carboxylic acids is 1. The lowest BCUT2D eigenvalue weighted by molar-refractivity contribution is -0.137. The number of carbonyl (C=O) groups is 3. The van der Waals surface area contributed by atoms with Crippen LogP contribution in [0.3, 0.4) is 0 Å². The summed E-state index contributed by atoms with van der Waals surface area (Å²) in [5, 5.41) is 10.7. The first kappa shape index (κ1) is 19.0. The monoisotopic (exact) mass is 410 g/mol. The van der Waals surface area contributed by atoms with Crippen LogP contribution < -0.4 is 4.90 Å². The van der Waals surface area contributed by atoms with Gasteiger partial charge in [-0.25, -0.2) is 8.42 Å². The molecule has 11 heteroatoms. The molecule has 0 radical (unpaired) electrons. The number of nitrogens with zero attached hydrogens (tertiary/aromatic N) is 2. The van der Waals surface area contributed by atoms with Crippen molar-refractivity contribution in [3.63, 3.8) is 0 Å². The van der Waals surface area contributed by atoms with Crippen LogP contribution in [0.5, 0.6) is 0 Å². The Morgan fingerprint density at radius 1 is 1.19 bits per heavy atom. The Hall–Kier alpha value is -2.76. The van der Waals surface area contributed by atoms with Gasteiger partial charge in [0, 0.05) is 10.6 Å². The van der Waals surface area contributed by atoms with Gasteiger partial charge in [-0.2, -0.15) is 0 Å². The van der Waals surface area contributed by atoms with Crippen molar-refractivity contribution in [3.05, 3.63) is 51.7 Å². The van der Waals surface area contributed by atoms with Crippen LogP contribution in [0.2, 0.25) is 0 Å². The number of rotatable bonds is 8. The predicted molar refractivity (Wildman–Crippen MR) is 96.2 cm³/mol. The van der Waals surface area contributed by atoms with Gasteiger partial charge in [-0.15, -0.1) is 11.3 Å². The molecule has 2 amide bonds. The van der Waals surface area contributed by atoms with Crippen LogP contribution in [0.25, 0.3) is 0 Å². The number of thiophene rings is 1. The number of carbonyl (C=O) groups excluding carboxylic acids is 2. The van der Waals surface area contributed by atoms with Gasteiger partial charge in [0.05, 0.1) is 17.7 Å². The van der Waals surface area contributed by atoms with Crippen molar-refractivity contribution in [3.8, 4) is 0 Å². The van der Waals surface area contributed by atoms with Crippen molar-refractivity contribution in [2.24, 2.45) is 0 Å². The highest BCUT2D eigenvalue weighted by Gasteiger charge is 2.37. The summed E-state index contributed by atoms with van der Waals surface area (Å²) in [6.45, 7) is -0.655. The van der Waals surface area contributed by atoms with Gasteiger partial charge in [0.25, 0.3) is 22.8 Å². The van der Waals surface area contributed by atoms with Crippen molar-refractivity contribution in [2.45, 2.75) is 6.54 Å². The van der Waals surface area contributed by atoms with Crippen LogP contribution in [-0.2, 0) is 26.5 Å². The number of imide groups is 1. The molecule has 2 aromatic rings. The number of benzene rings is 1. The van der Waals surface area contributed by atoms with E-state index >= 15 is 0 Å². The SMILES string of the molecule is O=C(O)CN1C(=O)c2ccc(N(CO[SH](=O)=O)Cc3cccs3)cc2C1=O. The molecule has 142 valence electrons. The number of hydrogen-bond acceptors (Lipinski definition) is 8. The van der Waals surface area contributed by atoms with Crippen LogP contribution in [0.1, 0.15) is 25.6 Å². The summed E-state index contributed by atoms with van der Waals surface area (Å²) < 4.78 is 26.3. The topological polar surface area (TPSA) is 121 Å². The first-order valence-electron chi connectivity index (χ1n) is 7.63. The van der Waals surface area contributed by atoms with E-state index in [-0.39, 0.29) is 17.9 Å². The van der Waals surface area contributed by atoms with E-state index in [1.807, 2.05) is 17.5 Å². The summed E-state index contributed by atoms with van der Waals surface area (Å²) in [5.41, 5.74) is 0.649. The maximum atomic E-state index is 12.4. The number of aliphatic carboxylic acids is 1. The number of fused-ring (bicyclic) bond motifs is 1. The van der Waals surface area contributed by atoms with E-state index < -0.39 is 35.3 Å². The summed E-state index contributed by atoms with van der Waals surface area (Å²) >= 11 is 1.47. The largest absolute Gasteiger partial charge is 0.480 e. The summed E-state index contributed by atoms with van der Waals surface area (Å²) in [4.78, 5) is 38.7. The van der Waals surface area contributed by atoms with Crippen molar-refractivity contribution in [1.29, 1.82) is 0 Å². The van der Waals surface area contributed by atoms with Crippen molar-refractivity contribution >= 4 is 45.8 Å². The Balaban J connectivity index is 1.91. The summed E-state index contributed by atoms with van der Waals surface area (Å²) in [5.74, 6) is -2.67. The normalized spacial score (nSPS) is 13.3. The van der Waals surface area contributed by atoms with Crippen LogP contribution in [0.4, 0.5) is 5.69 Å². The van der Waals surface area contributed by atoms with Gasteiger partial charge in [0.15, 0.2) is 0 Å². The van der Waals surface area contributed by atoms with Crippen molar-refractivity contribution in [2.75, 3.05) is 18.2 Å². The lowest BCUT2D eigenvalue weighted by Crippen LogP contribution is -2.34. The maximum absolute atomic E-state index is 12.4. The molecule has 0 aliphatic carbocycles. The fraction of sp³-hybridized carbons (Fsp3) is 0.188. The highest BCUT2D eigenvalue weighted by molar-refractivity contribution is 7.67. The molecule has 0 fully saturated rings. The highest BCUT2D eigenvalue weighted by Crippen LogP contribution is 2.28. The lowest BCUT2D eigenvalue weighted by atomic mass is 10.1. The molecule has 1 aliphatic rings. The predicted octanol–water partition coefficient (Wildman–Crippen LogP) is 0.936. The first-order chi connectivity index (χ1) is 12.9. The Kier molecular flexibility index (Phi) is 5.54. The molecule has 2 heterocycles.